The summed E-state index contributed by atoms with van der Waals surface area (Å²) < 4.78 is 0. The van der Waals surface area contributed by atoms with Gasteiger partial charge in [0.1, 0.15) is 22.8 Å². The molecule has 0 heterocycles. The third-order valence-corrected chi connectivity index (χ3v) is 7.06. The number of amides is 1. The molecule has 6 N–H and O–H groups in total. The van der Waals surface area contributed by atoms with Gasteiger partial charge in [-0.15, -0.1) is 0 Å². The van der Waals surface area contributed by atoms with E-state index in [4.69, 9.17) is 5.73 Å². The number of aliphatic hydroxyl groups excluding tert-OH is 2. The van der Waals surface area contributed by atoms with Gasteiger partial charge in [-0.2, -0.15) is 0 Å². The van der Waals surface area contributed by atoms with Crippen LogP contribution < -0.4 is 10.6 Å². The summed E-state index contributed by atoms with van der Waals surface area (Å²) >= 11 is 0. The number of phenols is 1. The maximum absolute atomic E-state index is 13.5. The second kappa shape index (κ2) is 8.83. The number of likely N-dealkylation sites (N-methyl/N-ethyl adjacent to an activating group) is 1. The van der Waals surface area contributed by atoms with E-state index in [-0.39, 0.29) is 67.5 Å². The molecule has 180 valence electrons. The molecule has 34 heavy (non-hydrogen) atoms. The number of ketones is 2. The standard InChI is InChI=1S/C23H27N3O7.Ca.2H/c1-25(2)12-5-6-13(27)15-10(12)7-9-8-11-17(26(3)4)19(29)16(22(24)32)21(31)23(11,33)20(30)14(9)18(15)28;;;/h5-6,9,11,17,27,29-30,33H,7-8H2,1-4H3,(H2,24,32);;;/t9-,11-,17-,23-;;;/m0.../s1. The summed E-state index contributed by atoms with van der Waals surface area (Å²) in [5, 5.41) is 43.9. The van der Waals surface area contributed by atoms with E-state index < -0.39 is 58.0 Å². The number of nitrogens with two attached hydrogens (primary N) is 1. The average Bonchev–Trinajstić information content (AvgIpc) is 2.70. The van der Waals surface area contributed by atoms with Crippen molar-refractivity contribution >= 4 is 60.9 Å². The number of anilines is 1. The van der Waals surface area contributed by atoms with Gasteiger partial charge in [0.25, 0.3) is 5.91 Å². The molecule has 10 nitrogen and oxygen atoms in total. The summed E-state index contributed by atoms with van der Waals surface area (Å²) in [5.41, 5.74) is 3.02. The molecule has 0 unspecified atom stereocenters. The summed E-state index contributed by atoms with van der Waals surface area (Å²) in [7, 11) is 6.79. The Balaban J connectivity index is 0.00000324. The van der Waals surface area contributed by atoms with Crippen molar-refractivity contribution in [2.75, 3.05) is 33.1 Å². The van der Waals surface area contributed by atoms with Crippen LogP contribution in [0.15, 0.2) is 34.8 Å². The Hall–Kier alpha value is -2.11. The number of carbonyl (C=O) groups excluding carboxylic acids is 3. The maximum atomic E-state index is 13.5. The number of Topliss-reactive ketones (excluding diaryl/α,β-unsaturated/α-hetero) is 2. The van der Waals surface area contributed by atoms with E-state index in [1.54, 1.807) is 39.2 Å². The van der Waals surface area contributed by atoms with Crippen LogP contribution in [0, 0.1) is 11.8 Å². The van der Waals surface area contributed by atoms with Crippen LogP contribution >= 0.6 is 0 Å². The zero-order valence-corrected chi connectivity index (χ0v) is 18.8. The Morgan fingerprint density at radius 3 is 2.26 bits per heavy atom. The Bertz CT molecular complexity index is 1170. The molecule has 1 amide bonds. The molecular formula is C23H29CaN3O7. The van der Waals surface area contributed by atoms with Gasteiger partial charge in [0, 0.05) is 31.3 Å². The molecule has 0 aromatic heterocycles. The van der Waals surface area contributed by atoms with Crippen molar-refractivity contribution in [3.05, 3.63) is 45.9 Å². The number of rotatable bonds is 3. The van der Waals surface area contributed by atoms with Crippen molar-refractivity contribution in [1.29, 1.82) is 0 Å². The topological polar surface area (TPSA) is 165 Å². The van der Waals surface area contributed by atoms with Gasteiger partial charge >= 0.3 is 37.7 Å². The van der Waals surface area contributed by atoms with Crippen LogP contribution in [0.1, 0.15) is 22.3 Å². The Morgan fingerprint density at radius 1 is 1.12 bits per heavy atom. The molecule has 0 bridgehead atoms. The van der Waals surface area contributed by atoms with Gasteiger partial charge in [-0.25, -0.2) is 0 Å². The van der Waals surface area contributed by atoms with Gasteiger partial charge in [-0.3, -0.25) is 19.3 Å². The zero-order chi connectivity index (χ0) is 24.6. The van der Waals surface area contributed by atoms with Crippen LogP contribution in [0.3, 0.4) is 0 Å². The average molecular weight is 500 g/mol. The van der Waals surface area contributed by atoms with Crippen LogP contribution in [-0.2, 0) is 16.0 Å². The van der Waals surface area contributed by atoms with E-state index in [2.05, 4.69) is 0 Å². The van der Waals surface area contributed by atoms with Crippen molar-refractivity contribution in [1.82, 2.24) is 4.90 Å². The molecule has 0 fully saturated rings. The van der Waals surface area contributed by atoms with E-state index in [0.717, 1.165) is 5.69 Å². The minimum absolute atomic E-state index is 0. The van der Waals surface area contributed by atoms with Crippen LogP contribution in [0.2, 0.25) is 0 Å². The fraction of sp³-hybridized carbons (Fsp3) is 0.435. The fourth-order valence-electron chi connectivity index (χ4n) is 5.65. The van der Waals surface area contributed by atoms with Crippen molar-refractivity contribution in [2.24, 2.45) is 17.6 Å². The van der Waals surface area contributed by atoms with Gasteiger partial charge in [0.2, 0.25) is 5.78 Å². The SMILES string of the molecule is CN(C)c1ccc(O)c2c1C[C@H]1C[C@H]3[C@H](N(C)C)C(O)=C(C(N)=O)C(=O)[C@@]3(O)C(O)=C1C2=O.[CaH2]. The molecule has 0 spiro atoms. The first kappa shape index (κ1) is 26.5. The summed E-state index contributed by atoms with van der Waals surface area (Å²) in [6, 6.07) is 2.06. The zero-order valence-electron chi connectivity index (χ0n) is 18.8. The van der Waals surface area contributed by atoms with Gasteiger partial charge in [0.05, 0.1) is 11.6 Å². The summed E-state index contributed by atoms with van der Waals surface area (Å²) in [4.78, 5) is 42.0. The number of primary amides is 1. The monoisotopic (exact) mass is 499 g/mol. The third kappa shape index (κ3) is 3.46. The van der Waals surface area contributed by atoms with Crippen LogP contribution in [0.5, 0.6) is 5.75 Å². The number of carbonyl (C=O) groups is 3. The van der Waals surface area contributed by atoms with E-state index >= 15 is 0 Å². The summed E-state index contributed by atoms with van der Waals surface area (Å²) in [6.07, 6.45) is 0.324. The second-order valence-electron chi connectivity index (χ2n) is 9.31. The third-order valence-electron chi connectivity index (χ3n) is 7.06. The van der Waals surface area contributed by atoms with Crippen LogP contribution in [-0.4, -0.2) is 120 Å². The molecule has 0 aliphatic heterocycles. The van der Waals surface area contributed by atoms with Gasteiger partial charge in [-0.1, -0.05) is 0 Å². The Kier molecular flexibility index (Phi) is 6.88. The summed E-state index contributed by atoms with van der Waals surface area (Å²) in [6.45, 7) is 0. The first-order valence-corrected chi connectivity index (χ1v) is 10.5. The molecule has 3 aliphatic rings. The molecule has 4 rings (SSSR count). The number of allylic oxidation sites excluding steroid dienone is 1. The van der Waals surface area contributed by atoms with E-state index in [1.165, 1.54) is 11.0 Å². The van der Waals surface area contributed by atoms with Crippen molar-refractivity contribution in [3.8, 4) is 5.75 Å². The number of hydrogen-bond donors (Lipinski definition) is 5. The molecule has 11 heteroatoms. The van der Waals surface area contributed by atoms with Crippen molar-refractivity contribution in [2.45, 2.75) is 24.5 Å². The first-order chi connectivity index (χ1) is 15.3. The van der Waals surface area contributed by atoms with Crippen LogP contribution in [0.4, 0.5) is 5.69 Å². The number of aromatic hydroxyl groups is 1. The second-order valence-corrected chi connectivity index (χ2v) is 9.31. The van der Waals surface area contributed by atoms with Gasteiger partial charge in [0.15, 0.2) is 11.4 Å². The number of nitrogens with zero attached hydrogens (tertiary/aromatic N) is 2. The molecule has 3 aliphatic carbocycles. The van der Waals surface area contributed by atoms with Crippen molar-refractivity contribution < 1.29 is 34.8 Å². The predicted octanol–water partition coefficient (Wildman–Crippen LogP) is -0.730. The van der Waals surface area contributed by atoms with Crippen LogP contribution in [0.25, 0.3) is 0 Å². The molecule has 4 atom stereocenters. The number of hydrogen-bond acceptors (Lipinski definition) is 9. The quantitative estimate of drug-likeness (QED) is 0.266. The van der Waals surface area contributed by atoms with E-state index in [9.17, 15) is 34.8 Å². The van der Waals surface area contributed by atoms with E-state index in [0.29, 0.717) is 5.56 Å². The number of benzene rings is 1. The number of phenolic OH excluding ortho intramolecular Hbond substituents is 1. The first-order valence-electron chi connectivity index (χ1n) is 10.5. The number of fused-ring (bicyclic) bond motifs is 3. The molecule has 0 saturated carbocycles. The minimum atomic E-state index is -2.63. The molecular weight excluding hydrogens is 470 g/mol. The Labute approximate surface area is 226 Å². The molecule has 0 radical (unpaired) electrons. The van der Waals surface area contributed by atoms with Gasteiger partial charge in [-0.05, 0) is 50.6 Å². The predicted molar refractivity (Wildman–Crippen MR) is 127 cm³/mol. The molecule has 1 aromatic carbocycles. The molecule has 1 aromatic rings. The number of aliphatic hydroxyl groups is 3. The summed E-state index contributed by atoms with van der Waals surface area (Å²) in [5.74, 6) is -6.53. The van der Waals surface area contributed by atoms with Crippen molar-refractivity contribution in [3.63, 3.8) is 0 Å². The van der Waals surface area contributed by atoms with E-state index in [1.807, 2.05) is 0 Å². The normalized spacial score (nSPS) is 28.2. The van der Waals surface area contributed by atoms with Gasteiger partial charge < -0.3 is 31.1 Å². The fourth-order valence-corrected chi connectivity index (χ4v) is 5.65. The molecule has 0 saturated heterocycles. The Morgan fingerprint density at radius 2 is 1.74 bits per heavy atom.